The van der Waals surface area contributed by atoms with Crippen molar-refractivity contribution in [3.05, 3.63) is 78.3 Å². The number of benzene rings is 2. The first-order valence-corrected chi connectivity index (χ1v) is 11.1. The van der Waals surface area contributed by atoms with E-state index in [-0.39, 0.29) is 18.9 Å². The molecule has 0 saturated carbocycles. The van der Waals surface area contributed by atoms with E-state index in [2.05, 4.69) is 15.1 Å². The zero-order valence-corrected chi connectivity index (χ0v) is 18.3. The molecule has 2 aromatic carbocycles. The van der Waals surface area contributed by atoms with Crippen LogP contribution in [0.25, 0.3) is 28.4 Å². The first kappa shape index (κ1) is 22.0. The maximum atomic E-state index is 11.8. The molecule has 0 aliphatic heterocycles. The summed E-state index contributed by atoms with van der Waals surface area (Å²) in [6.07, 6.45) is 4.56. The summed E-state index contributed by atoms with van der Waals surface area (Å²) < 4.78 is 26.3. The van der Waals surface area contributed by atoms with E-state index in [0.717, 1.165) is 5.56 Å². The maximum Gasteiger partial charge on any atom is 0.248 e. The Morgan fingerprint density at radius 1 is 1.06 bits per heavy atom. The number of amides is 1. The van der Waals surface area contributed by atoms with E-state index in [4.69, 9.17) is 11.5 Å². The largest absolute Gasteiger partial charge is 0.383 e. The Morgan fingerprint density at radius 2 is 1.79 bits per heavy atom. The second kappa shape index (κ2) is 9.49. The van der Waals surface area contributed by atoms with E-state index >= 15 is 0 Å². The van der Waals surface area contributed by atoms with Gasteiger partial charge in [-0.05, 0) is 23.8 Å². The predicted octanol–water partition coefficient (Wildman–Crippen LogP) is 1.67. The monoisotopic (exact) mass is 463 g/mol. The normalized spacial score (nSPS) is 11.4. The Balaban J connectivity index is 1.64. The molecule has 10 nitrogen and oxygen atoms in total. The molecule has 4 aromatic rings. The van der Waals surface area contributed by atoms with Crippen molar-refractivity contribution in [2.75, 3.05) is 12.3 Å². The third-order valence-corrected chi connectivity index (χ3v) is 5.74. The van der Waals surface area contributed by atoms with Crippen LogP contribution in [-0.2, 0) is 17.4 Å². The van der Waals surface area contributed by atoms with E-state index in [0.29, 0.717) is 27.9 Å². The molecular weight excluding hydrogens is 442 g/mol. The van der Waals surface area contributed by atoms with Crippen LogP contribution in [0, 0.1) is 0 Å². The standard InChI is InChI=1S/C22H21N7O3S/c23-20-18-19(16-6-8-17(9-7-16)21(24)30)27-29(22(18)26-14-25-20)13-12-28(33(31)32)11-10-15-4-2-1-3-5-15/h1-11,14,33H,12-13H2,(H2,24,30)(H2,23,25,26). The van der Waals surface area contributed by atoms with Crippen LogP contribution < -0.4 is 11.5 Å². The van der Waals surface area contributed by atoms with Crippen molar-refractivity contribution in [3.8, 4) is 11.3 Å². The molecule has 0 spiro atoms. The summed E-state index contributed by atoms with van der Waals surface area (Å²) in [5, 5.41) is 5.16. The molecule has 0 atom stereocenters. The molecule has 4 N–H and O–H groups in total. The highest BCUT2D eigenvalue weighted by Gasteiger charge is 2.18. The fourth-order valence-corrected chi connectivity index (χ4v) is 3.75. The van der Waals surface area contributed by atoms with Crippen molar-refractivity contribution in [1.82, 2.24) is 24.1 Å². The Hall–Kier alpha value is -4.25. The number of rotatable bonds is 8. The van der Waals surface area contributed by atoms with Gasteiger partial charge in [-0.25, -0.2) is 23.1 Å². The Morgan fingerprint density at radius 3 is 2.45 bits per heavy atom. The van der Waals surface area contributed by atoms with Crippen molar-refractivity contribution >= 4 is 39.7 Å². The minimum absolute atomic E-state index is 0.142. The lowest BCUT2D eigenvalue weighted by atomic mass is 10.1. The summed E-state index contributed by atoms with van der Waals surface area (Å²) in [6.45, 7) is 0.373. The van der Waals surface area contributed by atoms with Gasteiger partial charge >= 0.3 is 0 Å². The molecule has 0 fully saturated rings. The molecule has 0 saturated heterocycles. The van der Waals surface area contributed by atoms with Gasteiger partial charge in [0.25, 0.3) is 0 Å². The van der Waals surface area contributed by atoms with Gasteiger partial charge in [0.15, 0.2) is 5.65 Å². The highest BCUT2D eigenvalue weighted by Crippen LogP contribution is 2.30. The molecule has 0 aliphatic carbocycles. The lowest BCUT2D eigenvalue weighted by Crippen LogP contribution is -2.21. The molecule has 11 heteroatoms. The first-order chi connectivity index (χ1) is 15.9. The number of anilines is 1. The third-order valence-electron chi connectivity index (χ3n) is 4.99. The zero-order chi connectivity index (χ0) is 23.4. The Kier molecular flexibility index (Phi) is 6.31. The van der Waals surface area contributed by atoms with Crippen LogP contribution >= 0.6 is 0 Å². The summed E-state index contributed by atoms with van der Waals surface area (Å²) in [5.74, 6) is -0.286. The second-order valence-electron chi connectivity index (χ2n) is 7.10. The number of nitrogen functional groups attached to an aromatic ring is 1. The highest BCUT2D eigenvalue weighted by molar-refractivity contribution is 7.70. The Bertz CT molecular complexity index is 1390. The fraction of sp³-hybridized carbons (Fsp3) is 0.0909. The van der Waals surface area contributed by atoms with Crippen molar-refractivity contribution < 1.29 is 13.2 Å². The van der Waals surface area contributed by atoms with Crippen LogP contribution in [0.3, 0.4) is 0 Å². The smallest absolute Gasteiger partial charge is 0.248 e. The number of hydrogen-bond acceptors (Lipinski definition) is 7. The average Bonchev–Trinajstić information content (AvgIpc) is 3.19. The second-order valence-corrected chi connectivity index (χ2v) is 8.09. The van der Waals surface area contributed by atoms with E-state index in [1.165, 1.54) is 16.8 Å². The van der Waals surface area contributed by atoms with Crippen LogP contribution in [0.2, 0.25) is 0 Å². The SMILES string of the molecule is NC(=O)c1ccc(-c2nn(CCN(C=Cc3ccccc3)[SH](=O)=O)c3ncnc(N)c23)cc1. The first-order valence-electron chi connectivity index (χ1n) is 9.95. The maximum absolute atomic E-state index is 11.8. The van der Waals surface area contributed by atoms with Gasteiger partial charge in [0.2, 0.25) is 16.8 Å². The van der Waals surface area contributed by atoms with Crippen LogP contribution in [-0.4, -0.2) is 44.9 Å². The molecule has 0 unspecified atom stereocenters. The van der Waals surface area contributed by atoms with Crippen molar-refractivity contribution in [2.24, 2.45) is 5.73 Å². The third kappa shape index (κ3) is 4.83. The summed E-state index contributed by atoms with van der Waals surface area (Å²) in [6, 6.07) is 16.0. The predicted molar refractivity (Wildman–Crippen MR) is 126 cm³/mol. The minimum atomic E-state index is -2.85. The molecular formula is C22H21N7O3S. The van der Waals surface area contributed by atoms with Crippen LogP contribution in [0.4, 0.5) is 5.82 Å². The highest BCUT2D eigenvalue weighted by atomic mass is 32.2. The van der Waals surface area contributed by atoms with Gasteiger partial charge in [0.05, 0.1) is 18.5 Å². The molecule has 2 heterocycles. The number of hydrogen-bond donors (Lipinski definition) is 3. The van der Waals surface area contributed by atoms with Crippen LogP contribution in [0.1, 0.15) is 15.9 Å². The molecule has 168 valence electrons. The van der Waals surface area contributed by atoms with E-state index in [1.807, 2.05) is 30.3 Å². The van der Waals surface area contributed by atoms with Gasteiger partial charge in [-0.1, -0.05) is 42.5 Å². The number of fused-ring (bicyclic) bond motifs is 1. The number of nitrogens with zero attached hydrogens (tertiary/aromatic N) is 5. The summed E-state index contributed by atoms with van der Waals surface area (Å²) in [4.78, 5) is 19.7. The topological polar surface area (TPSA) is 150 Å². The lowest BCUT2D eigenvalue weighted by Gasteiger charge is -2.12. The van der Waals surface area contributed by atoms with Crippen LogP contribution in [0.15, 0.2) is 67.1 Å². The number of carbonyl (C=O) groups excluding carboxylic acids is 1. The number of thiol groups is 1. The van der Waals surface area contributed by atoms with Gasteiger partial charge in [-0.15, -0.1) is 0 Å². The quantitative estimate of drug-likeness (QED) is 0.336. The van der Waals surface area contributed by atoms with E-state index in [1.54, 1.807) is 35.0 Å². The molecule has 0 aliphatic rings. The van der Waals surface area contributed by atoms with E-state index < -0.39 is 16.8 Å². The number of primary amides is 1. The molecule has 4 rings (SSSR count). The zero-order valence-electron chi connectivity index (χ0n) is 17.4. The van der Waals surface area contributed by atoms with Crippen molar-refractivity contribution in [2.45, 2.75) is 6.54 Å². The minimum Gasteiger partial charge on any atom is -0.383 e. The van der Waals surface area contributed by atoms with Crippen molar-refractivity contribution in [3.63, 3.8) is 0 Å². The summed E-state index contributed by atoms with van der Waals surface area (Å²) in [7, 11) is -2.85. The fourth-order valence-electron chi connectivity index (χ4n) is 3.32. The summed E-state index contributed by atoms with van der Waals surface area (Å²) >= 11 is 0. The van der Waals surface area contributed by atoms with Gasteiger partial charge in [0.1, 0.15) is 17.8 Å². The van der Waals surface area contributed by atoms with Gasteiger partial charge < -0.3 is 11.5 Å². The number of carbonyl (C=O) groups is 1. The lowest BCUT2D eigenvalue weighted by molar-refractivity contribution is 0.100. The molecule has 0 radical (unpaired) electrons. The molecule has 1 amide bonds. The average molecular weight is 464 g/mol. The van der Waals surface area contributed by atoms with E-state index in [9.17, 15) is 13.2 Å². The Labute approximate surface area is 191 Å². The van der Waals surface area contributed by atoms with Crippen molar-refractivity contribution in [1.29, 1.82) is 0 Å². The molecule has 33 heavy (non-hydrogen) atoms. The van der Waals surface area contributed by atoms with Gasteiger partial charge in [0, 0.05) is 17.3 Å². The molecule has 2 aromatic heterocycles. The molecule has 0 bridgehead atoms. The number of aromatic nitrogens is 4. The van der Waals surface area contributed by atoms with Gasteiger partial charge in [-0.2, -0.15) is 5.10 Å². The number of nitrogens with two attached hydrogens (primary N) is 2. The van der Waals surface area contributed by atoms with Crippen LogP contribution in [0.5, 0.6) is 0 Å². The summed E-state index contributed by atoms with van der Waals surface area (Å²) in [5.41, 5.74) is 14.4. The van der Waals surface area contributed by atoms with Gasteiger partial charge in [-0.3, -0.25) is 9.10 Å².